The van der Waals surface area contributed by atoms with Gasteiger partial charge in [0.15, 0.2) is 0 Å². The van der Waals surface area contributed by atoms with E-state index in [1.54, 1.807) is 0 Å². The van der Waals surface area contributed by atoms with Crippen molar-refractivity contribution in [3.63, 3.8) is 0 Å². The van der Waals surface area contributed by atoms with Crippen LogP contribution in [0.5, 0.6) is 0 Å². The molecule has 0 N–H and O–H groups in total. The van der Waals surface area contributed by atoms with Gasteiger partial charge in [-0.05, 0) is 5.04 Å². The monoisotopic (exact) mass is 146 g/mol. The SMILES string of the molecule is CC(=O)O[SiH2]C(C)(C)C. The van der Waals surface area contributed by atoms with Crippen molar-refractivity contribution in [1.29, 1.82) is 0 Å². The van der Waals surface area contributed by atoms with E-state index in [4.69, 9.17) is 4.43 Å². The first kappa shape index (κ1) is 8.69. The third-order valence-electron chi connectivity index (χ3n) is 0.708. The van der Waals surface area contributed by atoms with Gasteiger partial charge in [-0.3, -0.25) is 4.79 Å². The number of carbonyl (C=O) groups is 1. The summed E-state index contributed by atoms with van der Waals surface area (Å²) in [6.45, 7) is 7.71. The van der Waals surface area contributed by atoms with E-state index in [1.807, 2.05) is 0 Å². The van der Waals surface area contributed by atoms with Gasteiger partial charge in [-0.15, -0.1) is 0 Å². The third kappa shape index (κ3) is 7.69. The van der Waals surface area contributed by atoms with E-state index in [0.717, 1.165) is 0 Å². The van der Waals surface area contributed by atoms with Crippen LogP contribution in [-0.2, 0) is 9.22 Å². The molecular formula is C6H14O2Si. The van der Waals surface area contributed by atoms with Crippen LogP contribution in [0.2, 0.25) is 5.04 Å². The van der Waals surface area contributed by atoms with Gasteiger partial charge in [-0.2, -0.15) is 0 Å². The van der Waals surface area contributed by atoms with Crippen LogP contribution in [-0.4, -0.2) is 15.7 Å². The zero-order chi connectivity index (χ0) is 7.49. The summed E-state index contributed by atoms with van der Waals surface area (Å²) in [5.41, 5.74) is 0. The molecular weight excluding hydrogens is 132 g/mol. The van der Waals surface area contributed by atoms with Crippen molar-refractivity contribution < 1.29 is 9.22 Å². The predicted molar refractivity (Wildman–Crippen MR) is 40.0 cm³/mol. The van der Waals surface area contributed by atoms with Gasteiger partial charge < -0.3 is 4.43 Å². The maximum Gasteiger partial charge on any atom is 0.288 e. The van der Waals surface area contributed by atoms with E-state index in [-0.39, 0.29) is 11.0 Å². The Morgan fingerprint density at radius 2 is 1.89 bits per heavy atom. The lowest BCUT2D eigenvalue weighted by atomic mass is 10.3. The molecule has 0 bridgehead atoms. The van der Waals surface area contributed by atoms with Crippen molar-refractivity contribution >= 4 is 15.7 Å². The van der Waals surface area contributed by atoms with Crippen molar-refractivity contribution in [1.82, 2.24) is 0 Å². The van der Waals surface area contributed by atoms with E-state index >= 15 is 0 Å². The summed E-state index contributed by atoms with van der Waals surface area (Å²) >= 11 is 0. The average molecular weight is 146 g/mol. The van der Waals surface area contributed by atoms with Gasteiger partial charge in [0.05, 0.1) is 0 Å². The second kappa shape index (κ2) is 3.01. The fourth-order valence-corrected chi connectivity index (χ4v) is 0.954. The first-order valence-corrected chi connectivity index (χ1v) is 4.33. The molecule has 0 saturated heterocycles. The molecule has 0 aliphatic heterocycles. The van der Waals surface area contributed by atoms with Crippen LogP contribution in [0.3, 0.4) is 0 Å². The van der Waals surface area contributed by atoms with Crippen molar-refractivity contribution in [2.45, 2.75) is 32.7 Å². The van der Waals surface area contributed by atoms with Crippen molar-refractivity contribution in [2.24, 2.45) is 0 Å². The number of hydrogen-bond acceptors (Lipinski definition) is 2. The molecule has 0 rings (SSSR count). The molecule has 2 nitrogen and oxygen atoms in total. The van der Waals surface area contributed by atoms with Crippen LogP contribution in [0.15, 0.2) is 0 Å². The molecule has 3 heteroatoms. The van der Waals surface area contributed by atoms with Gasteiger partial charge in [-0.1, -0.05) is 20.8 Å². The first-order chi connectivity index (χ1) is 3.92. The maximum atomic E-state index is 10.3. The molecule has 0 unspecified atom stereocenters. The van der Waals surface area contributed by atoms with Gasteiger partial charge in [-0.25, -0.2) is 0 Å². The van der Waals surface area contributed by atoms with E-state index in [2.05, 4.69) is 20.8 Å². The van der Waals surface area contributed by atoms with E-state index in [0.29, 0.717) is 0 Å². The van der Waals surface area contributed by atoms with Gasteiger partial charge >= 0.3 is 0 Å². The Balaban J connectivity index is 3.39. The highest BCUT2D eigenvalue weighted by molar-refractivity contribution is 6.34. The zero-order valence-corrected chi connectivity index (χ0v) is 7.94. The Morgan fingerprint density at radius 1 is 1.44 bits per heavy atom. The highest BCUT2D eigenvalue weighted by Crippen LogP contribution is 2.19. The van der Waals surface area contributed by atoms with Crippen molar-refractivity contribution in [3.05, 3.63) is 0 Å². The average Bonchev–Trinajstić information content (AvgIpc) is 1.59. The molecule has 0 aliphatic carbocycles. The van der Waals surface area contributed by atoms with Gasteiger partial charge in [0.2, 0.25) is 9.76 Å². The molecule has 0 atom stereocenters. The summed E-state index contributed by atoms with van der Waals surface area (Å²) in [6.07, 6.45) is 0. The lowest BCUT2D eigenvalue weighted by Gasteiger charge is -2.15. The Kier molecular flexibility index (Phi) is 2.90. The lowest BCUT2D eigenvalue weighted by Crippen LogP contribution is -2.14. The summed E-state index contributed by atoms with van der Waals surface area (Å²) in [4.78, 5) is 10.3. The number of rotatable bonds is 1. The molecule has 0 saturated carbocycles. The van der Waals surface area contributed by atoms with E-state index < -0.39 is 9.76 Å². The molecule has 54 valence electrons. The molecule has 0 radical (unpaired) electrons. The summed E-state index contributed by atoms with van der Waals surface area (Å²) < 4.78 is 4.91. The molecule has 0 aromatic rings. The fraction of sp³-hybridized carbons (Fsp3) is 0.833. The Morgan fingerprint density at radius 3 is 2.00 bits per heavy atom. The summed E-state index contributed by atoms with van der Waals surface area (Å²) in [7, 11) is -0.647. The number of carbonyl (C=O) groups excluding carboxylic acids is 1. The molecule has 0 aliphatic rings. The minimum Gasteiger partial charge on any atom is -0.525 e. The molecule has 9 heavy (non-hydrogen) atoms. The van der Waals surface area contributed by atoms with Crippen LogP contribution in [0.1, 0.15) is 27.7 Å². The predicted octanol–water partition coefficient (Wildman–Crippen LogP) is 0.852. The second-order valence-corrected chi connectivity index (χ2v) is 6.04. The van der Waals surface area contributed by atoms with Crippen LogP contribution in [0.4, 0.5) is 0 Å². The summed E-state index contributed by atoms with van der Waals surface area (Å²) in [5, 5.41) is 0.228. The normalized spacial score (nSPS) is 12.4. The van der Waals surface area contributed by atoms with Crippen molar-refractivity contribution in [2.75, 3.05) is 0 Å². The topological polar surface area (TPSA) is 26.3 Å². The van der Waals surface area contributed by atoms with Gasteiger partial charge in [0.25, 0.3) is 5.97 Å². The minimum absolute atomic E-state index is 0.142. The molecule has 0 spiro atoms. The van der Waals surface area contributed by atoms with Crippen LogP contribution in [0.25, 0.3) is 0 Å². The Bertz CT molecular complexity index is 104. The fourth-order valence-electron chi connectivity index (χ4n) is 0.318. The van der Waals surface area contributed by atoms with Crippen molar-refractivity contribution in [3.8, 4) is 0 Å². The molecule has 0 fully saturated rings. The highest BCUT2D eigenvalue weighted by Gasteiger charge is 2.12. The zero-order valence-electron chi connectivity index (χ0n) is 6.52. The lowest BCUT2D eigenvalue weighted by molar-refractivity contribution is -0.132. The molecule has 0 heterocycles. The van der Waals surface area contributed by atoms with Gasteiger partial charge in [0.1, 0.15) is 0 Å². The number of hydrogen-bond donors (Lipinski definition) is 0. The Hall–Kier alpha value is -0.313. The van der Waals surface area contributed by atoms with Crippen LogP contribution < -0.4 is 0 Å². The van der Waals surface area contributed by atoms with Crippen LogP contribution >= 0.6 is 0 Å². The van der Waals surface area contributed by atoms with Crippen LogP contribution in [0, 0.1) is 0 Å². The molecule has 0 aromatic carbocycles. The Labute approximate surface area is 58.5 Å². The molecule has 0 aromatic heterocycles. The maximum absolute atomic E-state index is 10.3. The van der Waals surface area contributed by atoms with E-state index in [1.165, 1.54) is 6.92 Å². The van der Waals surface area contributed by atoms with Gasteiger partial charge in [0, 0.05) is 6.92 Å². The smallest absolute Gasteiger partial charge is 0.288 e. The standard InChI is InChI=1S/C6H14O2Si/c1-5(7)8-9-6(2,3)4/h9H2,1-4H3. The first-order valence-electron chi connectivity index (χ1n) is 3.05. The highest BCUT2D eigenvalue weighted by atomic mass is 28.2. The quantitative estimate of drug-likeness (QED) is 0.513. The van der Waals surface area contributed by atoms with E-state index in [9.17, 15) is 4.79 Å². The third-order valence-corrected chi connectivity index (χ3v) is 2.13. The summed E-state index contributed by atoms with van der Waals surface area (Å²) in [6, 6.07) is 0. The summed E-state index contributed by atoms with van der Waals surface area (Å²) in [5.74, 6) is -0.142. The largest absolute Gasteiger partial charge is 0.525 e. The minimum atomic E-state index is -0.647. The second-order valence-electron chi connectivity index (χ2n) is 3.34. The molecule has 0 amide bonds.